The first-order chi connectivity index (χ1) is 8.83. The standard InChI is InChI=1S/C14H18NO.ClH.Hg/c1-16-14-9-7-13(8-10-14)15-11-3-2-4-12(15)6-5-11;;/h3,7-12H,2,4-6H2,1H3;1H;/q;;+1/p-1. The van der Waals surface area contributed by atoms with Gasteiger partial charge in [0.1, 0.15) is 0 Å². The molecule has 2 bridgehead atoms. The van der Waals surface area contributed by atoms with E-state index < -0.39 is 23.3 Å². The third kappa shape index (κ3) is 2.26. The fourth-order valence-electron chi connectivity index (χ4n) is 3.59. The summed E-state index contributed by atoms with van der Waals surface area (Å²) < 4.78 is 6.12. The Morgan fingerprint density at radius 2 is 1.89 bits per heavy atom. The van der Waals surface area contributed by atoms with Crippen molar-refractivity contribution in [2.45, 2.75) is 41.2 Å². The van der Waals surface area contributed by atoms with E-state index in [0.717, 1.165) is 21.3 Å². The van der Waals surface area contributed by atoms with Gasteiger partial charge in [-0.1, -0.05) is 0 Å². The number of rotatable bonds is 3. The first kappa shape index (κ1) is 13.0. The molecule has 2 aliphatic heterocycles. The second-order valence-corrected chi connectivity index (χ2v) is 13.4. The van der Waals surface area contributed by atoms with Crippen LogP contribution >= 0.6 is 8.25 Å². The monoisotopic (exact) mass is 453 g/mol. The minimum atomic E-state index is -1.13. The molecule has 2 fully saturated rings. The quantitative estimate of drug-likeness (QED) is 0.647. The van der Waals surface area contributed by atoms with E-state index >= 15 is 0 Å². The van der Waals surface area contributed by atoms with E-state index in [4.69, 9.17) is 13.0 Å². The first-order valence-electron chi connectivity index (χ1n) is 6.82. The van der Waals surface area contributed by atoms with Gasteiger partial charge in [0.05, 0.1) is 0 Å². The molecule has 3 rings (SSSR count). The Labute approximate surface area is 125 Å². The third-order valence-electron chi connectivity index (χ3n) is 4.53. The van der Waals surface area contributed by atoms with Crippen molar-refractivity contribution >= 4 is 13.9 Å². The van der Waals surface area contributed by atoms with Crippen LogP contribution in [0.3, 0.4) is 0 Å². The molecule has 2 heterocycles. The number of nitrogens with zero attached hydrogens (tertiary/aromatic N) is 1. The van der Waals surface area contributed by atoms with Crippen molar-refractivity contribution in [3.63, 3.8) is 0 Å². The van der Waals surface area contributed by atoms with Gasteiger partial charge in [0.25, 0.3) is 0 Å². The summed E-state index contributed by atoms with van der Waals surface area (Å²) in [7, 11) is 8.07. The molecule has 94 valence electrons. The number of fused-ring (bicyclic) bond motifs is 2. The molecule has 4 heteroatoms. The summed E-state index contributed by atoms with van der Waals surface area (Å²) in [5, 5.41) is 0. The SMILES string of the molecule is COc1ccc(N2C3CC[CH]([Hg][Cl])C2CC3)cc1. The molecule has 3 unspecified atom stereocenters. The van der Waals surface area contributed by atoms with Crippen LogP contribution in [-0.4, -0.2) is 19.2 Å². The van der Waals surface area contributed by atoms with Crippen molar-refractivity contribution in [1.82, 2.24) is 0 Å². The van der Waals surface area contributed by atoms with Crippen molar-refractivity contribution in [1.29, 1.82) is 0 Å². The maximum absolute atomic E-state index is 6.35. The average Bonchev–Trinajstić information content (AvgIpc) is 2.73. The van der Waals surface area contributed by atoms with Crippen molar-refractivity contribution in [3.05, 3.63) is 24.3 Å². The van der Waals surface area contributed by atoms with E-state index in [1.165, 1.54) is 31.4 Å². The van der Waals surface area contributed by atoms with E-state index in [1.54, 1.807) is 7.11 Å². The molecule has 0 saturated carbocycles. The first-order valence-corrected chi connectivity index (χ1v) is 16.8. The summed E-state index contributed by atoms with van der Waals surface area (Å²) in [5.74, 6) is 0.942. The van der Waals surface area contributed by atoms with Crippen LogP contribution in [0.25, 0.3) is 0 Å². The number of piperidine rings is 1. The molecule has 0 aliphatic carbocycles. The Bertz CT molecular complexity index is 411. The van der Waals surface area contributed by atoms with Gasteiger partial charge in [-0.25, -0.2) is 0 Å². The zero-order valence-corrected chi connectivity index (χ0v) is 17.1. The zero-order chi connectivity index (χ0) is 12.5. The Hall–Kier alpha value is 0.0451. The van der Waals surface area contributed by atoms with Crippen LogP contribution in [0.1, 0.15) is 25.7 Å². The number of methoxy groups -OCH3 is 1. The minimum absolute atomic E-state index is 0.747. The predicted molar refractivity (Wildman–Crippen MR) is 71.1 cm³/mol. The van der Waals surface area contributed by atoms with Gasteiger partial charge >= 0.3 is 125 Å². The summed E-state index contributed by atoms with van der Waals surface area (Å²) in [6.45, 7) is 0. The topological polar surface area (TPSA) is 12.5 Å². The van der Waals surface area contributed by atoms with Crippen molar-refractivity contribution < 1.29 is 28.1 Å². The Morgan fingerprint density at radius 3 is 2.56 bits per heavy atom. The van der Waals surface area contributed by atoms with Gasteiger partial charge in [0, 0.05) is 0 Å². The molecule has 2 nitrogen and oxygen atoms in total. The summed E-state index contributed by atoms with van der Waals surface area (Å²) >= 11 is -1.13. The molecule has 2 aliphatic rings. The fourth-order valence-corrected chi connectivity index (χ4v) is 10.9. The average molecular weight is 452 g/mol. The van der Waals surface area contributed by atoms with Gasteiger partial charge in [0.2, 0.25) is 0 Å². The normalized spacial score (nSPS) is 30.1. The van der Waals surface area contributed by atoms with Gasteiger partial charge in [-0.15, -0.1) is 0 Å². The van der Waals surface area contributed by atoms with Gasteiger partial charge in [0.15, 0.2) is 0 Å². The summed E-state index contributed by atoms with van der Waals surface area (Å²) in [6.07, 6.45) is 5.46. The van der Waals surface area contributed by atoms with Crippen LogP contribution < -0.4 is 9.64 Å². The van der Waals surface area contributed by atoms with E-state index in [9.17, 15) is 0 Å². The third-order valence-corrected chi connectivity index (χ3v) is 13.3. The summed E-state index contributed by atoms with van der Waals surface area (Å²) in [5.41, 5.74) is 1.37. The molecule has 2 saturated heterocycles. The zero-order valence-electron chi connectivity index (χ0n) is 10.8. The molecule has 1 aromatic rings. The van der Waals surface area contributed by atoms with Gasteiger partial charge in [-0.05, 0) is 0 Å². The second kappa shape index (κ2) is 5.58. The maximum atomic E-state index is 6.35. The molecular weight excluding hydrogens is 434 g/mol. The molecule has 0 radical (unpaired) electrons. The molecule has 3 atom stereocenters. The van der Waals surface area contributed by atoms with Crippen LogP contribution in [0.2, 0.25) is 3.43 Å². The van der Waals surface area contributed by atoms with Crippen LogP contribution in [0.15, 0.2) is 24.3 Å². The number of hydrogen-bond donors (Lipinski definition) is 0. The van der Waals surface area contributed by atoms with Crippen LogP contribution in [0, 0.1) is 0 Å². The Morgan fingerprint density at radius 1 is 1.17 bits per heavy atom. The second-order valence-electron chi connectivity index (χ2n) is 5.40. The number of hydrogen-bond acceptors (Lipinski definition) is 2. The van der Waals surface area contributed by atoms with Crippen LogP contribution in [0.5, 0.6) is 5.75 Å². The van der Waals surface area contributed by atoms with E-state index in [0.29, 0.717) is 0 Å². The van der Waals surface area contributed by atoms with Gasteiger partial charge in [-0.3, -0.25) is 0 Å². The van der Waals surface area contributed by atoms with Crippen LogP contribution in [-0.2, 0) is 23.3 Å². The molecule has 18 heavy (non-hydrogen) atoms. The molecule has 0 N–H and O–H groups in total. The van der Waals surface area contributed by atoms with Crippen molar-refractivity contribution in [2.75, 3.05) is 12.0 Å². The molecule has 1 aromatic carbocycles. The van der Waals surface area contributed by atoms with Gasteiger partial charge in [-0.2, -0.15) is 0 Å². The number of halogens is 1. The predicted octanol–water partition coefficient (Wildman–Crippen LogP) is 3.85. The molecular formula is C14H18ClHgNO. The van der Waals surface area contributed by atoms with Crippen molar-refractivity contribution in [3.8, 4) is 5.75 Å². The number of benzene rings is 1. The van der Waals surface area contributed by atoms with Crippen LogP contribution in [0.4, 0.5) is 5.69 Å². The van der Waals surface area contributed by atoms with E-state index in [2.05, 4.69) is 29.2 Å². The fraction of sp³-hybridized carbons (Fsp3) is 0.571. The summed E-state index contributed by atoms with van der Waals surface area (Å²) in [6, 6.07) is 10.1. The summed E-state index contributed by atoms with van der Waals surface area (Å²) in [4.78, 5) is 2.66. The van der Waals surface area contributed by atoms with Crippen molar-refractivity contribution in [2.24, 2.45) is 0 Å². The Kier molecular flexibility index (Phi) is 4.04. The number of anilines is 1. The Balaban J connectivity index is 1.86. The van der Waals surface area contributed by atoms with E-state index in [1.807, 2.05) is 0 Å². The molecule has 0 amide bonds. The molecule has 0 spiro atoms. The van der Waals surface area contributed by atoms with Gasteiger partial charge < -0.3 is 0 Å². The van der Waals surface area contributed by atoms with E-state index in [-0.39, 0.29) is 0 Å². The molecule has 0 aromatic heterocycles. The number of ether oxygens (including phenoxy) is 1.